The quantitative estimate of drug-likeness (QED) is 0.780. The molecule has 0 fully saturated rings. The third-order valence-electron chi connectivity index (χ3n) is 2.26. The van der Waals surface area contributed by atoms with Crippen LogP contribution in [-0.2, 0) is 4.79 Å². The molecule has 0 aliphatic rings. The van der Waals surface area contributed by atoms with Crippen LogP contribution in [-0.4, -0.2) is 29.8 Å². The lowest BCUT2D eigenvalue weighted by Gasteiger charge is -2.20. The number of aliphatic hydroxyl groups is 1. The largest absolute Gasteiger partial charge is 0.508 e. The van der Waals surface area contributed by atoms with Gasteiger partial charge in [0.25, 0.3) is 0 Å². The van der Waals surface area contributed by atoms with Crippen LogP contribution in [0.4, 0.5) is 5.69 Å². The molecule has 1 rings (SSSR count). The Bertz CT molecular complexity index is 334. The number of hydrogen-bond donors (Lipinski definition) is 2. The molecule has 82 valence electrons. The van der Waals surface area contributed by atoms with Gasteiger partial charge in [-0.3, -0.25) is 4.79 Å². The molecule has 1 aromatic carbocycles. The van der Waals surface area contributed by atoms with E-state index in [9.17, 15) is 4.79 Å². The maximum atomic E-state index is 11.7. The van der Waals surface area contributed by atoms with Gasteiger partial charge in [0.1, 0.15) is 5.75 Å². The van der Waals surface area contributed by atoms with Crippen molar-refractivity contribution in [2.24, 2.45) is 5.92 Å². The summed E-state index contributed by atoms with van der Waals surface area (Å²) in [6, 6.07) is 6.33. The standard InChI is InChI=1S/C11H15NO3/c1-8(7-13)11(15)12(2)9-3-5-10(14)6-4-9/h3-6,8,13-14H,7H2,1-2H3. The molecule has 0 aliphatic heterocycles. The van der Waals surface area contributed by atoms with Crippen molar-refractivity contribution < 1.29 is 15.0 Å². The predicted octanol–water partition coefficient (Wildman–Crippen LogP) is 0.983. The Morgan fingerprint density at radius 1 is 1.40 bits per heavy atom. The third kappa shape index (κ3) is 2.70. The van der Waals surface area contributed by atoms with Crippen LogP contribution >= 0.6 is 0 Å². The summed E-state index contributed by atoms with van der Waals surface area (Å²) in [5.41, 5.74) is 0.693. The molecule has 4 heteroatoms. The molecule has 4 nitrogen and oxygen atoms in total. The molecule has 1 aromatic rings. The summed E-state index contributed by atoms with van der Waals surface area (Å²) >= 11 is 0. The highest BCUT2D eigenvalue weighted by Gasteiger charge is 2.17. The monoisotopic (exact) mass is 209 g/mol. The van der Waals surface area contributed by atoms with Crippen LogP contribution < -0.4 is 4.90 Å². The van der Waals surface area contributed by atoms with Crippen LogP contribution in [0.3, 0.4) is 0 Å². The van der Waals surface area contributed by atoms with Crippen LogP contribution in [0, 0.1) is 5.92 Å². The Labute approximate surface area is 88.8 Å². The number of carbonyl (C=O) groups is 1. The average molecular weight is 209 g/mol. The highest BCUT2D eigenvalue weighted by Crippen LogP contribution is 2.18. The van der Waals surface area contributed by atoms with Gasteiger partial charge in [-0.25, -0.2) is 0 Å². The minimum absolute atomic E-state index is 0.150. The highest BCUT2D eigenvalue weighted by molar-refractivity contribution is 5.94. The molecule has 0 radical (unpaired) electrons. The Morgan fingerprint density at radius 3 is 2.40 bits per heavy atom. The fourth-order valence-electron chi connectivity index (χ4n) is 1.21. The van der Waals surface area contributed by atoms with Gasteiger partial charge in [0.05, 0.1) is 12.5 Å². The normalized spacial score (nSPS) is 12.2. The van der Waals surface area contributed by atoms with Gasteiger partial charge in [-0.2, -0.15) is 0 Å². The number of phenols is 1. The minimum Gasteiger partial charge on any atom is -0.508 e. The van der Waals surface area contributed by atoms with E-state index in [2.05, 4.69) is 0 Å². The van der Waals surface area contributed by atoms with Crippen LogP contribution in [0.1, 0.15) is 6.92 Å². The first-order valence-electron chi connectivity index (χ1n) is 4.73. The van der Waals surface area contributed by atoms with E-state index in [1.165, 1.54) is 17.0 Å². The molecule has 0 saturated carbocycles. The molecule has 1 amide bonds. The number of carbonyl (C=O) groups excluding carboxylic acids is 1. The maximum Gasteiger partial charge on any atom is 0.231 e. The van der Waals surface area contributed by atoms with Crippen molar-refractivity contribution >= 4 is 11.6 Å². The second-order valence-corrected chi connectivity index (χ2v) is 3.50. The van der Waals surface area contributed by atoms with E-state index in [1.807, 2.05) is 0 Å². The highest BCUT2D eigenvalue weighted by atomic mass is 16.3. The Kier molecular flexibility index (Phi) is 3.68. The minimum atomic E-state index is -0.413. The molecule has 0 spiro atoms. The molecule has 0 heterocycles. The summed E-state index contributed by atoms with van der Waals surface area (Å²) in [5, 5.41) is 17.9. The number of rotatable bonds is 3. The topological polar surface area (TPSA) is 60.8 Å². The zero-order valence-corrected chi connectivity index (χ0v) is 8.84. The lowest BCUT2D eigenvalue weighted by atomic mass is 10.1. The van der Waals surface area contributed by atoms with Crippen LogP contribution in [0.2, 0.25) is 0 Å². The first-order chi connectivity index (χ1) is 7.06. The van der Waals surface area contributed by atoms with Crippen LogP contribution in [0.25, 0.3) is 0 Å². The van der Waals surface area contributed by atoms with E-state index < -0.39 is 5.92 Å². The molecule has 0 aliphatic carbocycles. The Morgan fingerprint density at radius 2 is 1.93 bits per heavy atom. The molecule has 1 unspecified atom stereocenters. The summed E-state index contributed by atoms with van der Waals surface area (Å²) in [7, 11) is 1.64. The zero-order chi connectivity index (χ0) is 11.4. The van der Waals surface area contributed by atoms with Crippen molar-refractivity contribution in [1.29, 1.82) is 0 Å². The summed E-state index contributed by atoms with van der Waals surface area (Å²) in [6.07, 6.45) is 0. The van der Waals surface area contributed by atoms with E-state index >= 15 is 0 Å². The van der Waals surface area contributed by atoms with E-state index in [1.54, 1.807) is 26.1 Å². The van der Waals surface area contributed by atoms with E-state index in [-0.39, 0.29) is 18.3 Å². The lowest BCUT2D eigenvalue weighted by Crippen LogP contribution is -2.33. The van der Waals surface area contributed by atoms with Crippen molar-refractivity contribution in [3.05, 3.63) is 24.3 Å². The van der Waals surface area contributed by atoms with E-state index in [0.29, 0.717) is 5.69 Å². The average Bonchev–Trinajstić information content (AvgIpc) is 2.27. The lowest BCUT2D eigenvalue weighted by molar-refractivity contribution is -0.122. The second kappa shape index (κ2) is 4.79. The van der Waals surface area contributed by atoms with Crippen molar-refractivity contribution in [2.45, 2.75) is 6.92 Å². The van der Waals surface area contributed by atoms with Crippen LogP contribution in [0.15, 0.2) is 24.3 Å². The number of amides is 1. The SMILES string of the molecule is CC(CO)C(=O)N(C)c1ccc(O)cc1. The second-order valence-electron chi connectivity index (χ2n) is 3.50. The molecule has 0 bridgehead atoms. The van der Waals surface area contributed by atoms with Gasteiger partial charge in [0, 0.05) is 12.7 Å². The molecule has 2 N–H and O–H groups in total. The summed E-state index contributed by atoms with van der Waals surface area (Å²) in [6.45, 7) is 1.50. The number of phenolic OH excluding ortho intramolecular Hbond substituents is 1. The first-order valence-corrected chi connectivity index (χ1v) is 4.73. The fourth-order valence-corrected chi connectivity index (χ4v) is 1.21. The Hall–Kier alpha value is -1.55. The van der Waals surface area contributed by atoms with Crippen molar-refractivity contribution in [3.8, 4) is 5.75 Å². The summed E-state index contributed by atoms with van der Waals surface area (Å²) in [4.78, 5) is 13.1. The number of benzene rings is 1. The molecule has 0 saturated heterocycles. The molecular weight excluding hydrogens is 194 g/mol. The molecular formula is C11H15NO3. The van der Waals surface area contributed by atoms with Gasteiger partial charge >= 0.3 is 0 Å². The van der Waals surface area contributed by atoms with E-state index in [4.69, 9.17) is 10.2 Å². The van der Waals surface area contributed by atoms with Gasteiger partial charge in [-0.15, -0.1) is 0 Å². The fraction of sp³-hybridized carbons (Fsp3) is 0.364. The van der Waals surface area contributed by atoms with Gasteiger partial charge in [0.2, 0.25) is 5.91 Å². The number of nitrogens with zero attached hydrogens (tertiary/aromatic N) is 1. The molecule has 0 aromatic heterocycles. The van der Waals surface area contributed by atoms with Gasteiger partial charge in [-0.1, -0.05) is 6.92 Å². The summed E-state index contributed by atoms with van der Waals surface area (Å²) < 4.78 is 0. The van der Waals surface area contributed by atoms with Crippen molar-refractivity contribution in [1.82, 2.24) is 0 Å². The summed E-state index contributed by atoms with van der Waals surface area (Å²) in [5.74, 6) is -0.401. The number of aromatic hydroxyl groups is 1. The number of hydrogen-bond acceptors (Lipinski definition) is 3. The van der Waals surface area contributed by atoms with Crippen LogP contribution in [0.5, 0.6) is 5.75 Å². The van der Waals surface area contributed by atoms with Crippen molar-refractivity contribution in [3.63, 3.8) is 0 Å². The van der Waals surface area contributed by atoms with Gasteiger partial charge < -0.3 is 15.1 Å². The van der Waals surface area contributed by atoms with E-state index in [0.717, 1.165) is 0 Å². The van der Waals surface area contributed by atoms with Crippen molar-refractivity contribution in [2.75, 3.05) is 18.6 Å². The van der Waals surface area contributed by atoms with Gasteiger partial charge in [0.15, 0.2) is 0 Å². The number of anilines is 1. The Balaban J connectivity index is 2.80. The van der Waals surface area contributed by atoms with Gasteiger partial charge in [-0.05, 0) is 24.3 Å². The molecule has 1 atom stereocenters. The molecule has 15 heavy (non-hydrogen) atoms. The number of aliphatic hydroxyl groups excluding tert-OH is 1. The zero-order valence-electron chi connectivity index (χ0n) is 8.84. The smallest absolute Gasteiger partial charge is 0.231 e. The maximum absolute atomic E-state index is 11.7. The third-order valence-corrected chi connectivity index (χ3v) is 2.26. The predicted molar refractivity (Wildman–Crippen MR) is 57.8 cm³/mol. The first kappa shape index (κ1) is 11.5.